The van der Waals surface area contributed by atoms with Crippen LogP contribution in [0.25, 0.3) is 10.2 Å². The maximum absolute atomic E-state index is 13.1. The molecule has 8 heteroatoms. The van der Waals surface area contributed by atoms with E-state index in [2.05, 4.69) is 10.8 Å². The van der Waals surface area contributed by atoms with Crippen molar-refractivity contribution in [2.75, 3.05) is 0 Å². The average molecular weight is 501 g/mol. The standard InChI is InChI=1S/C25H25ClN2O3S2/c1-15-11-17(3)22(12-16(15)2)18(4)27-33(30,31)21-9-10-23-24(13-21)32-25(29)28(23)14-19-5-7-20(26)8-6-19/h5-13,18,27H,14H2,1-4H3/t18-/m0/s1. The summed E-state index contributed by atoms with van der Waals surface area (Å²) < 4.78 is 31.3. The van der Waals surface area contributed by atoms with Crippen LogP contribution in [-0.2, 0) is 16.6 Å². The van der Waals surface area contributed by atoms with Gasteiger partial charge in [-0.2, -0.15) is 0 Å². The molecule has 4 aromatic rings. The summed E-state index contributed by atoms with van der Waals surface area (Å²) in [6.07, 6.45) is 0. The molecule has 3 aromatic carbocycles. The van der Waals surface area contributed by atoms with E-state index >= 15 is 0 Å². The number of halogens is 1. The molecular formula is C25H25ClN2O3S2. The lowest BCUT2D eigenvalue weighted by Crippen LogP contribution is -2.27. The van der Waals surface area contributed by atoms with Crippen LogP contribution in [0.5, 0.6) is 0 Å². The van der Waals surface area contributed by atoms with E-state index in [-0.39, 0.29) is 9.77 Å². The predicted molar refractivity (Wildman–Crippen MR) is 136 cm³/mol. The lowest BCUT2D eigenvalue weighted by atomic mass is 9.97. The first kappa shape index (κ1) is 23.7. The Kier molecular flexibility index (Phi) is 6.51. The fraction of sp³-hybridized carbons (Fsp3) is 0.240. The Morgan fingerprint density at radius 1 is 0.970 bits per heavy atom. The Morgan fingerprint density at radius 3 is 2.33 bits per heavy atom. The smallest absolute Gasteiger partial charge is 0.294 e. The normalized spacial score (nSPS) is 12.9. The molecule has 0 saturated carbocycles. The molecule has 0 bridgehead atoms. The van der Waals surface area contributed by atoms with Crippen LogP contribution in [-0.4, -0.2) is 13.0 Å². The number of aryl methyl sites for hydroxylation is 3. The predicted octanol–water partition coefficient (Wildman–Crippen LogP) is 5.73. The summed E-state index contributed by atoms with van der Waals surface area (Å²) in [7, 11) is -3.78. The molecular weight excluding hydrogens is 476 g/mol. The van der Waals surface area contributed by atoms with Crippen LogP contribution in [0.4, 0.5) is 0 Å². The highest BCUT2D eigenvalue weighted by atomic mass is 35.5. The van der Waals surface area contributed by atoms with Crippen molar-refractivity contribution in [1.29, 1.82) is 0 Å². The third-order valence-corrected chi connectivity index (χ3v) is 8.62. The molecule has 0 amide bonds. The Labute approximate surface area is 202 Å². The van der Waals surface area contributed by atoms with Gasteiger partial charge >= 0.3 is 4.87 Å². The minimum Gasteiger partial charge on any atom is -0.294 e. The second-order valence-electron chi connectivity index (χ2n) is 8.35. The van der Waals surface area contributed by atoms with Crippen molar-refractivity contribution < 1.29 is 8.42 Å². The van der Waals surface area contributed by atoms with Crippen LogP contribution in [0.2, 0.25) is 5.02 Å². The van der Waals surface area contributed by atoms with E-state index in [1.807, 2.05) is 45.9 Å². The molecule has 0 spiro atoms. The molecule has 1 aromatic heterocycles. The zero-order valence-corrected chi connectivity index (χ0v) is 21.2. The summed E-state index contributed by atoms with van der Waals surface area (Å²) >= 11 is 6.99. The van der Waals surface area contributed by atoms with Crippen LogP contribution in [0.3, 0.4) is 0 Å². The van der Waals surface area contributed by atoms with Crippen molar-refractivity contribution in [2.24, 2.45) is 0 Å². The van der Waals surface area contributed by atoms with Gasteiger partial charge in [0.05, 0.1) is 21.7 Å². The van der Waals surface area contributed by atoms with E-state index in [1.165, 1.54) is 5.56 Å². The fourth-order valence-corrected chi connectivity index (χ4v) is 6.33. The highest BCUT2D eigenvalue weighted by Gasteiger charge is 2.21. The van der Waals surface area contributed by atoms with Gasteiger partial charge in [0.1, 0.15) is 0 Å². The molecule has 172 valence electrons. The zero-order valence-electron chi connectivity index (χ0n) is 18.8. The molecule has 1 N–H and O–H groups in total. The number of nitrogens with one attached hydrogen (secondary N) is 1. The number of nitrogens with zero attached hydrogens (tertiary/aromatic N) is 1. The SMILES string of the molecule is Cc1cc(C)c([C@H](C)NS(=O)(=O)c2ccc3c(c2)sc(=O)n3Cc2ccc(Cl)cc2)cc1C. The van der Waals surface area contributed by atoms with E-state index in [1.54, 1.807) is 34.9 Å². The number of hydrogen-bond donors (Lipinski definition) is 1. The molecule has 0 aliphatic rings. The van der Waals surface area contributed by atoms with Crippen LogP contribution in [0.15, 0.2) is 64.3 Å². The molecule has 0 aliphatic carbocycles. The number of fused-ring (bicyclic) bond motifs is 1. The first-order valence-corrected chi connectivity index (χ1v) is 13.2. The van der Waals surface area contributed by atoms with Gasteiger partial charge in [0.2, 0.25) is 10.0 Å². The highest BCUT2D eigenvalue weighted by molar-refractivity contribution is 7.89. The summed E-state index contributed by atoms with van der Waals surface area (Å²) in [6, 6.07) is 15.8. The van der Waals surface area contributed by atoms with Crippen LogP contribution >= 0.6 is 22.9 Å². The molecule has 0 radical (unpaired) electrons. The Bertz CT molecular complexity index is 1500. The van der Waals surface area contributed by atoms with Gasteiger partial charge in [-0.1, -0.05) is 47.2 Å². The van der Waals surface area contributed by atoms with Gasteiger partial charge in [-0.25, -0.2) is 13.1 Å². The van der Waals surface area contributed by atoms with Crippen molar-refractivity contribution in [3.05, 3.63) is 97.1 Å². The quantitative estimate of drug-likeness (QED) is 0.367. The van der Waals surface area contributed by atoms with Gasteiger partial charge in [0.25, 0.3) is 0 Å². The highest BCUT2D eigenvalue weighted by Crippen LogP contribution is 2.26. The number of aromatic nitrogens is 1. The van der Waals surface area contributed by atoms with E-state index in [4.69, 9.17) is 11.6 Å². The minimum atomic E-state index is -3.78. The monoisotopic (exact) mass is 500 g/mol. The summed E-state index contributed by atoms with van der Waals surface area (Å²) in [6.45, 7) is 8.28. The Hall–Kier alpha value is -2.45. The van der Waals surface area contributed by atoms with Gasteiger partial charge in [-0.3, -0.25) is 9.36 Å². The summed E-state index contributed by atoms with van der Waals surface area (Å²) in [5.41, 5.74) is 5.93. The van der Waals surface area contributed by atoms with Crippen molar-refractivity contribution in [3.63, 3.8) is 0 Å². The summed E-state index contributed by atoms with van der Waals surface area (Å²) in [4.78, 5) is 12.6. The first-order chi connectivity index (χ1) is 15.5. The first-order valence-electron chi connectivity index (χ1n) is 10.5. The summed E-state index contributed by atoms with van der Waals surface area (Å²) in [5, 5.41) is 0.633. The minimum absolute atomic E-state index is 0.137. The molecule has 0 aliphatic heterocycles. The van der Waals surface area contributed by atoms with Gasteiger partial charge in [0, 0.05) is 11.1 Å². The van der Waals surface area contributed by atoms with Crippen molar-refractivity contribution in [3.8, 4) is 0 Å². The fourth-order valence-electron chi connectivity index (χ4n) is 3.95. The molecule has 1 heterocycles. The van der Waals surface area contributed by atoms with Gasteiger partial charge in [-0.05, 0) is 85.8 Å². The van der Waals surface area contributed by atoms with Crippen LogP contribution < -0.4 is 9.60 Å². The van der Waals surface area contributed by atoms with Crippen LogP contribution in [0, 0.1) is 20.8 Å². The zero-order chi connectivity index (χ0) is 23.9. The molecule has 33 heavy (non-hydrogen) atoms. The summed E-state index contributed by atoms with van der Waals surface area (Å²) in [5.74, 6) is 0. The number of thiazole rings is 1. The maximum Gasteiger partial charge on any atom is 0.308 e. The topological polar surface area (TPSA) is 68.2 Å². The van der Waals surface area contributed by atoms with E-state index in [9.17, 15) is 13.2 Å². The second-order valence-corrected chi connectivity index (χ2v) is 11.5. The Balaban J connectivity index is 1.63. The van der Waals surface area contributed by atoms with Gasteiger partial charge in [0.15, 0.2) is 0 Å². The molecule has 0 fully saturated rings. The van der Waals surface area contributed by atoms with Gasteiger partial charge < -0.3 is 0 Å². The average Bonchev–Trinajstić information content (AvgIpc) is 3.06. The van der Waals surface area contributed by atoms with Crippen LogP contribution in [0.1, 0.15) is 40.8 Å². The number of sulfonamides is 1. The van der Waals surface area contributed by atoms with E-state index in [0.717, 1.165) is 33.6 Å². The Morgan fingerprint density at radius 2 is 1.64 bits per heavy atom. The van der Waals surface area contributed by atoms with Crippen molar-refractivity contribution in [2.45, 2.75) is 45.2 Å². The number of hydrogen-bond acceptors (Lipinski definition) is 4. The molecule has 0 saturated heterocycles. The molecule has 0 unspecified atom stereocenters. The van der Waals surface area contributed by atoms with E-state index in [0.29, 0.717) is 21.8 Å². The molecule has 1 atom stereocenters. The van der Waals surface area contributed by atoms with Crippen molar-refractivity contribution in [1.82, 2.24) is 9.29 Å². The van der Waals surface area contributed by atoms with Gasteiger partial charge in [-0.15, -0.1) is 0 Å². The third kappa shape index (κ3) is 4.92. The molecule has 4 rings (SSSR count). The largest absolute Gasteiger partial charge is 0.308 e. The maximum atomic E-state index is 13.1. The lowest BCUT2D eigenvalue weighted by Gasteiger charge is -2.18. The second kappa shape index (κ2) is 9.06. The third-order valence-electron chi connectivity index (χ3n) is 5.88. The lowest BCUT2D eigenvalue weighted by molar-refractivity contribution is 0.566. The van der Waals surface area contributed by atoms with E-state index < -0.39 is 16.1 Å². The molecule has 5 nitrogen and oxygen atoms in total. The number of rotatable bonds is 6. The van der Waals surface area contributed by atoms with Crippen molar-refractivity contribution >= 4 is 43.2 Å². The number of benzene rings is 3.